The Balaban J connectivity index is 2.27. The Hall–Kier alpha value is -1.77. The van der Waals surface area contributed by atoms with E-state index in [9.17, 15) is 17.1 Å². The third-order valence-electron chi connectivity index (χ3n) is 2.57. The van der Waals surface area contributed by atoms with Gasteiger partial charge in [0.2, 0.25) is 5.91 Å². The fraction of sp³-hybridized carbons (Fsp3) is 0.444. The minimum atomic E-state index is -4.73. The molecule has 1 aromatic rings. The third-order valence-corrected chi connectivity index (χ3v) is 3.68. The van der Waals surface area contributed by atoms with Gasteiger partial charge < -0.3 is 4.74 Å². The van der Waals surface area contributed by atoms with E-state index in [4.69, 9.17) is 4.74 Å². The lowest BCUT2D eigenvalue weighted by atomic mass is 10.4. The van der Waals surface area contributed by atoms with E-state index in [1.54, 1.807) is 0 Å². The van der Waals surface area contributed by atoms with E-state index >= 15 is 0 Å². The molecule has 0 bridgehead atoms. The topological polar surface area (TPSA) is 89.5 Å². The van der Waals surface area contributed by atoms with Crippen molar-refractivity contribution in [3.8, 4) is 6.01 Å². The maximum Gasteiger partial charge on any atom is 0.318 e. The number of anilines is 1. The number of nitrogens with zero attached hydrogens (tertiary/aromatic N) is 3. The average Bonchev–Trinajstić information content (AvgIpc) is 2.71. The standard InChI is InChI=1S/C9H10FN3O4S/c1-17-9-11-3-2-7(12-9)13-5-6(4-8(13)14)18(10,15)16/h2-3,6H,4-5H2,1H3. The van der Waals surface area contributed by atoms with Gasteiger partial charge in [-0.2, -0.15) is 13.4 Å². The van der Waals surface area contributed by atoms with Gasteiger partial charge >= 0.3 is 16.2 Å². The van der Waals surface area contributed by atoms with Crippen LogP contribution in [0.3, 0.4) is 0 Å². The molecule has 0 aliphatic carbocycles. The van der Waals surface area contributed by atoms with E-state index in [1.807, 2.05) is 0 Å². The molecule has 1 saturated heterocycles. The number of halogens is 1. The minimum absolute atomic E-state index is 0.0480. The lowest BCUT2D eigenvalue weighted by Gasteiger charge is -2.14. The first-order chi connectivity index (χ1) is 8.41. The first kappa shape index (κ1) is 12.7. The molecule has 1 unspecified atom stereocenters. The highest BCUT2D eigenvalue weighted by atomic mass is 32.3. The Morgan fingerprint density at radius 1 is 1.56 bits per heavy atom. The van der Waals surface area contributed by atoms with Crippen molar-refractivity contribution < 1.29 is 21.8 Å². The summed E-state index contributed by atoms with van der Waals surface area (Å²) in [5.74, 6) is -0.306. The molecular weight excluding hydrogens is 265 g/mol. The molecule has 1 fully saturated rings. The van der Waals surface area contributed by atoms with Crippen LogP contribution in [-0.2, 0) is 15.0 Å². The van der Waals surface area contributed by atoms with Gasteiger partial charge in [0.1, 0.15) is 11.1 Å². The summed E-state index contributed by atoms with van der Waals surface area (Å²) in [5, 5.41) is -1.34. The first-order valence-electron chi connectivity index (χ1n) is 5.02. The molecule has 0 saturated carbocycles. The second-order valence-electron chi connectivity index (χ2n) is 3.71. The number of ether oxygens (including phenoxy) is 1. The lowest BCUT2D eigenvalue weighted by Crippen LogP contribution is -2.27. The van der Waals surface area contributed by atoms with E-state index in [2.05, 4.69) is 9.97 Å². The van der Waals surface area contributed by atoms with Crippen LogP contribution in [0.15, 0.2) is 12.3 Å². The third kappa shape index (κ3) is 2.40. The summed E-state index contributed by atoms with van der Waals surface area (Å²) >= 11 is 0. The van der Waals surface area contributed by atoms with Gasteiger partial charge in [-0.25, -0.2) is 4.98 Å². The zero-order valence-corrected chi connectivity index (χ0v) is 10.2. The van der Waals surface area contributed by atoms with Crippen molar-refractivity contribution in [1.29, 1.82) is 0 Å². The highest BCUT2D eigenvalue weighted by molar-refractivity contribution is 7.87. The number of amides is 1. The van der Waals surface area contributed by atoms with Crippen molar-refractivity contribution in [3.05, 3.63) is 12.3 Å². The summed E-state index contributed by atoms with van der Waals surface area (Å²) in [7, 11) is -3.37. The molecule has 1 aliphatic rings. The number of methoxy groups -OCH3 is 1. The first-order valence-corrected chi connectivity index (χ1v) is 6.47. The predicted molar refractivity (Wildman–Crippen MR) is 59.4 cm³/mol. The van der Waals surface area contributed by atoms with Crippen LogP contribution in [0.2, 0.25) is 0 Å². The Kier molecular flexibility index (Phi) is 3.16. The molecule has 7 nitrogen and oxygen atoms in total. The maximum absolute atomic E-state index is 12.8. The summed E-state index contributed by atoms with van der Waals surface area (Å²) in [5.41, 5.74) is 0. The predicted octanol–water partition coefficient (Wildman–Crippen LogP) is -0.110. The van der Waals surface area contributed by atoms with Gasteiger partial charge in [0.15, 0.2) is 0 Å². The lowest BCUT2D eigenvalue weighted by molar-refractivity contribution is -0.117. The number of aromatic nitrogens is 2. The molecule has 1 amide bonds. The fourth-order valence-corrected chi connectivity index (χ4v) is 2.33. The Labute approximate surface area is 103 Å². The van der Waals surface area contributed by atoms with Crippen LogP contribution >= 0.6 is 0 Å². The minimum Gasteiger partial charge on any atom is -0.467 e. The van der Waals surface area contributed by atoms with Gasteiger partial charge in [-0.1, -0.05) is 0 Å². The Bertz CT molecular complexity index is 577. The SMILES string of the molecule is COc1nccc(N2CC(S(=O)(=O)F)CC2=O)n1. The zero-order valence-electron chi connectivity index (χ0n) is 9.41. The van der Waals surface area contributed by atoms with E-state index in [0.717, 1.165) is 4.90 Å². The van der Waals surface area contributed by atoms with Crippen LogP contribution in [0.4, 0.5) is 9.70 Å². The molecule has 9 heteroatoms. The van der Waals surface area contributed by atoms with Crippen LogP contribution in [0.1, 0.15) is 6.42 Å². The number of carbonyl (C=O) groups is 1. The maximum atomic E-state index is 12.8. The van der Waals surface area contributed by atoms with Crippen LogP contribution in [0.25, 0.3) is 0 Å². The van der Waals surface area contributed by atoms with Crippen LogP contribution < -0.4 is 9.64 Å². The Morgan fingerprint density at radius 3 is 2.83 bits per heavy atom. The average molecular weight is 275 g/mol. The molecule has 0 spiro atoms. The van der Waals surface area contributed by atoms with Crippen molar-refractivity contribution in [1.82, 2.24) is 9.97 Å². The molecular formula is C9H10FN3O4S. The molecule has 18 heavy (non-hydrogen) atoms. The number of hydrogen-bond acceptors (Lipinski definition) is 6. The van der Waals surface area contributed by atoms with Crippen LogP contribution in [0, 0.1) is 0 Å². The summed E-state index contributed by atoms with van der Waals surface area (Å²) < 4.78 is 39.2. The smallest absolute Gasteiger partial charge is 0.318 e. The second-order valence-corrected chi connectivity index (χ2v) is 5.33. The summed E-state index contributed by atoms with van der Waals surface area (Å²) in [6.07, 6.45) is 0.983. The molecule has 1 aromatic heterocycles. The highest BCUT2D eigenvalue weighted by Gasteiger charge is 2.39. The van der Waals surface area contributed by atoms with E-state index in [1.165, 1.54) is 19.4 Å². The summed E-state index contributed by atoms with van der Waals surface area (Å²) in [6.45, 7) is -0.252. The van der Waals surface area contributed by atoms with Gasteiger partial charge in [-0.15, -0.1) is 3.89 Å². The van der Waals surface area contributed by atoms with Gasteiger partial charge in [-0.3, -0.25) is 9.69 Å². The molecule has 0 N–H and O–H groups in total. The molecule has 2 heterocycles. The molecule has 0 radical (unpaired) electrons. The zero-order chi connectivity index (χ0) is 13.3. The van der Waals surface area contributed by atoms with Crippen molar-refractivity contribution >= 4 is 21.9 Å². The molecule has 98 valence electrons. The summed E-state index contributed by atoms with van der Waals surface area (Å²) in [4.78, 5) is 20.4. The number of rotatable bonds is 3. The highest BCUT2D eigenvalue weighted by Crippen LogP contribution is 2.24. The van der Waals surface area contributed by atoms with E-state index in [0.29, 0.717) is 0 Å². The second kappa shape index (κ2) is 4.48. The molecule has 0 aromatic carbocycles. The number of hydrogen-bond donors (Lipinski definition) is 0. The number of carbonyl (C=O) groups excluding carboxylic acids is 1. The molecule has 1 aliphatic heterocycles. The van der Waals surface area contributed by atoms with Gasteiger partial charge in [0.05, 0.1) is 7.11 Å². The van der Waals surface area contributed by atoms with Crippen LogP contribution in [0.5, 0.6) is 6.01 Å². The normalized spacial score (nSPS) is 20.2. The van der Waals surface area contributed by atoms with Gasteiger partial charge in [0.25, 0.3) is 0 Å². The Morgan fingerprint density at radius 2 is 2.28 bits per heavy atom. The quantitative estimate of drug-likeness (QED) is 0.715. The van der Waals surface area contributed by atoms with Crippen molar-refractivity contribution in [3.63, 3.8) is 0 Å². The fourth-order valence-electron chi connectivity index (χ4n) is 1.67. The largest absolute Gasteiger partial charge is 0.467 e. The van der Waals surface area contributed by atoms with E-state index in [-0.39, 0.29) is 24.8 Å². The van der Waals surface area contributed by atoms with Gasteiger partial charge in [0, 0.05) is 19.2 Å². The van der Waals surface area contributed by atoms with Crippen molar-refractivity contribution in [2.75, 3.05) is 18.6 Å². The molecule has 2 rings (SSSR count). The van der Waals surface area contributed by atoms with Gasteiger partial charge in [-0.05, 0) is 6.07 Å². The van der Waals surface area contributed by atoms with Crippen molar-refractivity contribution in [2.24, 2.45) is 0 Å². The van der Waals surface area contributed by atoms with E-state index < -0.39 is 21.4 Å². The van der Waals surface area contributed by atoms with Crippen molar-refractivity contribution in [2.45, 2.75) is 11.7 Å². The summed E-state index contributed by atoms with van der Waals surface area (Å²) in [6, 6.07) is 1.47. The monoisotopic (exact) mass is 275 g/mol. The molecule has 1 atom stereocenters. The van der Waals surface area contributed by atoms with Crippen LogP contribution in [-0.4, -0.2) is 43.2 Å².